The van der Waals surface area contributed by atoms with E-state index in [4.69, 9.17) is 17.3 Å². The Morgan fingerprint density at radius 2 is 2.21 bits per heavy atom. The minimum Gasteiger partial charge on any atom is -0.398 e. The summed E-state index contributed by atoms with van der Waals surface area (Å²) in [5.41, 5.74) is 7.78. The maximum absolute atomic E-state index is 5.93. The Labute approximate surface area is 88.6 Å². The SMILES string of the molecule is Nc1ccc(Cl)cc1[C@H]1CNCCN1. The number of rotatable bonds is 1. The summed E-state index contributed by atoms with van der Waals surface area (Å²) < 4.78 is 0. The highest BCUT2D eigenvalue weighted by Gasteiger charge is 2.16. The van der Waals surface area contributed by atoms with Crippen LogP contribution in [-0.2, 0) is 0 Å². The second kappa shape index (κ2) is 4.17. The van der Waals surface area contributed by atoms with E-state index in [9.17, 15) is 0 Å². The fraction of sp³-hybridized carbons (Fsp3) is 0.400. The van der Waals surface area contributed by atoms with Crippen molar-refractivity contribution in [2.24, 2.45) is 0 Å². The zero-order valence-electron chi connectivity index (χ0n) is 7.89. The largest absolute Gasteiger partial charge is 0.398 e. The van der Waals surface area contributed by atoms with Crippen LogP contribution in [0.3, 0.4) is 0 Å². The normalized spacial score (nSPS) is 22.2. The van der Waals surface area contributed by atoms with Gasteiger partial charge in [0.25, 0.3) is 0 Å². The summed E-state index contributed by atoms with van der Waals surface area (Å²) in [5, 5.41) is 7.46. The number of nitrogens with one attached hydrogen (secondary N) is 2. The number of nitrogen functional groups attached to an aromatic ring is 1. The van der Waals surface area contributed by atoms with Gasteiger partial charge in [-0.3, -0.25) is 0 Å². The van der Waals surface area contributed by atoms with Crippen LogP contribution in [0.25, 0.3) is 0 Å². The van der Waals surface area contributed by atoms with Crippen LogP contribution < -0.4 is 16.4 Å². The van der Waals surface area contributed by atoms with Gasteiger partial charge >= 0.3 is 0 Å². The number of hydrogen-bond donors (Lipinski definition) is 3. The summed E-state index contributed by atoms with van der Waals surface area (Å²) in [6, 6.07) is 5.88. The monoisotopic (exact) mass is 211 g/mol. The van der Waals surface area contributed by atoms with Gasteiger partial charge in [0.15, 0.2) is 0 Å². The summed E-state index contributed by atoms with van der Waals surface area (Å²) in [4.78, 5) is 0. The molecule has 4 heteroatoms. The molecule has 1 aliphatic rings. The molecule has 0 amide bonds. The first-order valence-corrected chi connectivity index (χ1v) is 5.14. The fourth-order valence-corrected chi connectivity index (χ4v) is 1.90. The molecule has 1 heterocycles. The standard InChI is InChI=1S/C10H14ClN3/c11-7-1-2-9(12)8(5-7)10-6-13-3-4-14-10/h1-2,5,10,13-14H,3-4,6,12H2/t10-/m1/s1. The van der Waals surface area contributed by atoms with Crippen molar-refractivity contribution in [3.05, 3.63) is 28.8 Å². The molecule has 1 aromatic carbocycles. The third-order valence-electron chi connectivity index (χ3n) is 2.47. The van der Waals surface area contributed by atoms with Gasteiger partial charge in [-0.05, 0) is 23.8 Å². The zero-order chi connectivity index (χ0) is 9.97. The lowest BCUT2D eigenvalue weighted by molar-refractivity contribution is 0.431. The third kappa shape index (κ3) is 2.00. The van der Waals surface area contributed by atoms with Crippen LogP contribution in [0.5, 0.6) is 0 Å². The molecule has 1 fully saturated rings. The summed E-state index contributed by atoms with van der Waals surface area (Å²) in [7, 11) is 0. The first kappa shape index (κ1) is 9.77. The first-order chi connectivity index (χ1) is 6.77. The van der Waals surface area contributed by atoms with Gasteiger partial charge in [0, 0.05) is 36.4 Å². The van der Waals surface area contributed by atoms with E-state index in [1.807, 2.05) is 18.2 Å². The van der Waals surface area contributed by atoms with Gasteiger partial charge in [0.05, 0.1) is 0 Å². The summed E-state index contributed by atoms with van der Waals surface area (Å²) in [6.45, 7) is 2.89. The Kier molecular flexibility index (Phi) is 2.91. The Morgan fingerprint density at radius 1 is 1.36 bits per heavy atom. The topological polar surface area (TPSA) is 50.1 Å². The summed E-state index contributed by atoms with van der Waals surface area (Å²) >= 11 is 5.93. The van der Waals surface area contributed by atoms with Gasteiger partial charge < -0.3 is 16.4 Å². The molecule has 4 N–H and O–H groups in total. The van der Waals surface area contributed by atoms with Crippen LogP contribution in [0.2, 0.25) is 5.02 Å². The minimum absolute atomic E-state index is 0.280. The number of hydrogen-bond acceptors (Lipinski definition) is 3. The van der Waals surface area contributed by atoms with Crippen LogP contribution in [0.15, 0.2) is 18.2 Å². The minimum atomic E-state index is 0.280. The quantitative estimate of drug-likeness (QED) is 0.611. The Balaban J connectivity index is 2.24. The van der Waals surface area contributed by atoms with Crippen LogP contribution in [-0.4, -0.2) is 19.6 Å². The van der Waals surface area contributed by atoms with Crippen molar-refractivity contribution in [2.75, 3.05) is 25.4 Å². The number of anilines is 1. The highest BCUT2D eigenvalue weighted by atomic mass is 35.5. The smallest absolute Gasteiger partial charge is 0.0468 e. The molecule has 1 aliphatic heterocycles. The average Bonchev–Trinajstić information content (AvgIpc) is 2.23. The molecule has 0 aliphatic carbocycles. The lowest BCUT2D eigenvalue weighted by Gasteiger charge is -2.26. The van der Waals surface area contributed by atoms with E-state index in [0.29, 0.717) is 0 Å². The van der Waals surface area contributed by atoms with Gasteiger partial charge in [0.2, 0.25) is 0 Å². The lowest BCUT2D eigenvalue weighted by atomic mass is 10.0. The van der Waals surface area contributed by atoms with Crippen molar-refractivity contribution in [1.29, 1.82) is 0 Å². The fourth-order valence-electron chi connectivity index (χ4n) is 1.72. The van der Waals surface area contributed by atoms with Crippen LogP contribution in [0.4, 0.5) is 5.69 Å². The molecule has 14 heavy (non-hydrogen) atoms. The lowest BCUT2D eigenvalue weighted by Crippen LogP contribution is -2.42. The van der Waals surface area contributed by atoms with E-state index >= 15 is 0 Å². The molecule has 1 atom stereocenters. The molecule has 3 nitrogen and oxygen atoms in total. The van der Waals surface area contributed by atoms with Crippen molar-refractivity contribution in [2.45, 2.75) is 6.04 Å². The van der Waals surface area contributed by atoms with Crippen LogP contribution >= 0.6 is 11.6 Å². The molecule has 0 radical (unpaired) electrons. The molecule has 1 aromatic rings. The average molecular weight is 212 g/mol. The van der Waals surface area contributed by atoms with Gasteiger partial charge in [0.1, 0.15) is 0 Å². The van der Waals surface area contributed by atoms with Crippen molar-refractivity contribution < 1.29 is 0 Å². The number of benzene rings is 1. The molecule has 2 rings (SSSR count). The van der Waals surface area contributed by atoms with Gasteiger partial charge in [-0.25, -0.2) is 0 Å². The van der Waals surface area contributed by atoms with E-state index in [2.05, 4.69) is 10.6 Å². The molecular weight excluding hydrogens is 198 g/mol. The second-order valence-corrected chi connectivity index (χ2v) is 3.92. The van der Waals surface area contributed by atoms with Crippen LogP contribution in [0, 0.1) is 0 Å². The molecule has 0 spiro atoms. The summed E-state index contributed by atoms with van der Waals surface area (Å²) in [6.07, 6.45) is 0. The molecule has 76 valence electrons. The van der Waals surface area contributed by atoms with E-state index in [-0.39, 0.29) is 6.04 Å². The van der Waals surface area contributed by atoms with Gasteiger partial charge in [-0.15, -0.1) is 0 Å². The molecule has 0 bridgehead atoms. The molecule has 0 aromatic heterocycles. The van der Waals surface area contributed by atoms with Crippen molar-refractivity contribution in [3.8, 4) is 0 Å². The Morgan fingerprint density at radius 3 is 2.93 bits per heavy atom. The predicted molar refractivity (Wildman–Crippen MR) is 59.5 cm³/mol. The molecule has 1 saturated heterocycles. The Hall–Kier alpha value is -0.770. The number of halogens is 1. The van der Waals surface area contributed by atoms with E-state index in [0.717, 1.165) is 35.9 Å². The number of piperazine rings is 1. The van der Waals surface area contributed by atoms with E-state index < -0.39 is 0 Å². The van der Waals surface area contributed by atoms with Crippen molar-refractivity contribution in [3.63, 3.8) is 0 Å². The molecule has 0 unspecified atom stereocenters. The zero-order valence-corrected chi connectivity index (χ0v) is 8.64. The van der Waals surface area contributed by atoms with Gasteiger partial charge in [-0.1, -0.05) is 11.6 Å². The predicted octanol–water partition coefficient (Wildman–Crippen LogP) is 1.16. The molecule has 0 saturated carbocycles. The van der Waals surface area contributed by atoms with Gasteiger partial charge in [-0.2, -0.15) is 0 Å². The van der Waals surface area contributed by atoms with Crippen molar-refractivity contribution in [1.82, 2.24) is 10.6 Å². The third-order valence-corrected chi connectivity index (χ3v) is 2.70. The first-order valence-electron chi connectivity index (χ1n) is 4.76. The van der Waals surface area contributed by atoms with Crippen molar-refractivity contribution >= 4 is 17.3 Å². The maximum atomic E-state index is 5.93. The second-order valence-electron chi connectivity index (χ2n) is 3.48. The Bertz CT molecular complexity index is 321. The highest BCUT2D eigenvalue weighted by Crippen LogP contribution is 2.24. The highest BCUT2D eigenvalue weighted by molar-refractivity contribution is 6.30. The number of nitrogens with two attached hydrogens (primary N) is 1. The maximum Gasteiger partial charge on any atom is 0.0468 e. The molecular formula is C10H14ClN3. The van der Waals surface area contributed by atoms with Crippen LogP contribution in [0.1, 0.15) is 11.6 Å². The summed E-state index contributed by atoms with van der Waals surface area (Å²) in [5.74, 6) is 0. The van der Waals surface area contributed by atoms with E-state index in [1.54, 1.807) is 0 Å². The van der Waals surface area contributed by atoms with E-state index in [1.165, 1.54) is 0 Å².